The molecule has 3 amide bonds. The van der Waals surface area contributed by atoms with Crippen molar-refractivity contribution >= 4 is 40.1 Å². The number of benzene rings is 3. The average molecular weight is 609 g/mol. The summed E-state index contributed by atoms with van der Waals surface area (Å²) in [5.41, 5.74) is 5.79. The molecule has 11 heteroatoms. The third-order valence-corrected chi connectivity index (χ3v) is 7.46. The van der Waals surface area contributed by atoms with Gasteiger partial charge in [-0.1, -0.05) is 24.3 Å². The number of likely N-dealkylation sites (N-methyl/N-ethyl adjacent to an activating group) is 3. The molecular weight excluding hydrogens is 568 g/mol. The van der Waals surface area contributed by atoms with E-state index in [1.165, 1.54) is 0 Å². The molecule has 0 atom stereocenters. The summed E-state index contributed by atoms with van der Waals surface area (Å²) in [6.45, 7) is 3.54. The summed E-state index contributed by atoms with van der Waals surface area (Å²) >= 11 is 0. The van der Waals surface area contributed by atoms with E-state index in [0.29, 0.717) is 52.4 Å². The molecule has 4 aromatic rings. The van der Waals surface area contributed by atoms with Crippen LogP contribution in [0.5, 0.6) is 0 Å². The van der Waals surface area contributed by atoms with Crippen molar-refractivity contribution in [2.24, 2.45) is 0 Å². The number of nitrogens with one attached hydrogen (secondary N) is 2. The molecule has 1 aliphatic rings. The zero-order chi connectivity index (χ0) is 32.1. The predicted molar refractivity (Wildman–Crippen MR) is 178 cm³/mol. The van der Waals surface area contributed by atoms with Gasteiger partial charge < -0.3 is 30.2 Å². The minimum Gasteiger partial charge on any atom is -0.336 e. The molecule has 0 aliphatic carbocycles. The standard InChI is InChI=1S/C34H40N8O3/c1-39(2)21-30(43)35-26-10-6-8-23(18-26)32-33(24-9-7-11-27(19-24)36-31(44)22-40(3)4)38-29-20-25(12-13-28(29)37-32)34(45)42-16-14-41(5)15-17-42/h6-13,18-20H,14-17,21-22H2,1-5H3,(H,35,43)(H,36,44). The van der Waals surface area contributed by atoms with Gasteiger partial charge in [0.05, 0.1) is 35.5 Å². The topological polar surface area (TPSA) is 114 Å². The summed E-state index contributed by atoms with van der Waals surface area (Å²) < 4.78 is 0. The second kappa shape index (κ2) is 13.9. The highest BCUT2D eigenvalue weighted by molar-refractivity contribution is 5.99. The molecule has 0 radical (unpaired) electrons. The van der Waals surface area contributed by atoms with Gasteiger partial charge in [0.1, 0.15) is 0 Å². The lowest BCUT2D eigenvalue weighted by atomic mass is 10.0. The van der Waals surface area contributed by atoms with E-state index in [4.69, 9.17) is 9.97 Å². The third kappa shape index (κ3) is 8.07. The van der Waals surface area contributed by atoms with E-state index in [1.807, 2.05) is 87.7 Å². The van der Waals surface area contributed by atoms with E-state index >= 15 is 0 Å². The van der Waals surface area contributed by atoms with E-state index < -0.39 is 0 Å². The Morgan fingerprint density at radius 3 is 1.71 bits per heavy atom. The van der Waals surface area contributed by atoms with Crippen LogP contribution in [-0.2, 0) is 9.59 Å². The zero-order valence-electron chi connectivity index (χ0n) is 26.5. The summed E-state index contributed by atoms with van der Waals surface area (Å²) in [5.74, 6) is -0.278. The Morgan fingerprint density at radius 2 is 1.20 bits per heavy atom. The molecule has 1 aromatic heterocycles. The number of hydrogen-bond acceptors (Lipinski definition) is 8. The first-order chi connectivity index (χ1) is 21.5. The van der Waals surface area contributed by atoms with Crippen molar-refractivity contribution in [2.45, 2.75) is 0 Å². The summed E-state index contributed by atoms with van der Waals surface area (Å²) in [4.78, 5) is 56.2. The molecule has 0 unspecified atom stereocenters. The summed E-state index contributed by atoms with van der Waals surface area (Å²) in [6.07, 6.45) is 0. The van der Waals surface area contributed by atoms with Crippen molar-refractivity contribution in [3.05, 3.63) is 72.3 Å². The number of aromatic nitrogens is 2. The van der Waals surface area contributed by atoms with Crippen LogP contribution in [0.2, 0.25) is 0 Å². The molecule has 2 N–H and O–H groups in total. The van der Waals surface area contributed by atoms with Gasteiger partial charge in [-0.15, -0.1) is 0 Å². The fourth-order valence-electron chi connectivity index (χ4n) is 5.25. The Hall–Kier alpha value is -4.71. The van der Waals surface area contributed by atoms with Gasteiger partial charge in [-0.25, -0.2) is 9.97 Å². The maximum atomic E-state index is 13.4. The van der Waals surface area contributed by atoms with Gasteiger partial charge in [0, 0.05) is 54.2 Å². The van der Waals surface area contributed by atoms with Crippen LogP contribution in [0.1, 0.15) is 10.4 Å². The van der Waals surface area contributed by atoms with Crippen LogP contribution in [0.15, 0.2) is 66.7 Å². The Morgan fingerprint density at radius 1 is 0.689 bits per heavy atom. The molecule has 3 aromatic carbocycles. The fourth-order valence-corrected chi connectivity index (χ4v) is 5.25. The van der Waals surface area contributed by atoms with Gasteiger partial charge in [0.15, 0.2) is 0 Å². The van der Waals surface area contributed by atoms with E-state index in [2.05, 4.69) is 22.6 Å². The lowest BCUT2D eigenvalue weighted by Crippen LogP contribution is -2.47. The number of piperazine rings is 1. The van der Waals surface area contributed by atoms with Gasteiger partial charge >= 0.3 is 0 Å². The number of anilines is 2. The number of carbonyl (C=O) groups excluding carboxylic acids is 3. The number of rotatable bonds is 9. The van der Waals surface area contributed by atoms with E-state index in [9.17, 15) is 14.4 Å². The molecule has 2 heterocycles. The Labute approximate surface area is 263 Å². The number of amides is 3. The van der Waals surface area contributed by atoms with Crippen molar-refractivity contribution in [1.82, 2.24) is 29.6 Å². The smallest absolute Gasteiger partial charge is 0.254 e. The van der Waals surface area contributed by atoms with Crippen LogP contribution in [-0.4, -0.2) is 122 Å². The van der Waals surface area contributed by atoms with E-state index in [1.54, 1.807) is 21.9 Å². The van der Waals surface area contributed by atoms with Crippen LogP contribution in [0.25, 0.3) is 33.5 Å². The Bertz CT molecular complexity index is 1710. The van der Waals surface area contributed by atoms with Crippen LogP contribution in [0.4, 0.5) is 11.4 Å². The molecule has 5 rings (SSSR count). The van der Waals surface area contributed by atoms with Gasteiger partial charge in [0.25, 0.3) is 5.91 Å². The normalized spacial score (nSPS) is 13.8. The predicted octanol–water partition coefficient (Wildman–Crippen LogP) is 3.35. The monoisotopic (exact) mass is 608 g/mol. The lowest BCUT2D eigenvalue weighted by molar-refractivity contribution is -0.117. The minimum absolute atomic E-state index is 0.0239. The highest BCUT2D eigenvalue weighted by Crippen LogP contribution is 2.33. The van der Waals surface area contributed by atoms with Crippen molar-refractivity contribution in [1.29, 1.82) is 0 Å². The molecule has 0 bridgehead atoms. The fraction of sp³-hybridized carbons (Fsp3) is 0.324. The lowest BCUT2D eigenvalue weighted by Gasteiger charge is -2.32. The van der Waals surface area contributed by atoms with Crippen LogP contribution >= 0.6 is 0 Å². The molecule has 1 fully saturated rings. The maximum absolute atomic E-state index is 13.4. The first-order valence-electron chi connectivity index (χ1n) is 15.0. The molecule has 45 heavy (non-hydrogen) atoms. The summed E-state index contributed by atoms with van der Waals surface area (Å²) in [5, 5.41) is 5.91. The highest BCUT2D eigenvalue weighted by atomic mass is 16.2. The largest absolute Gasteiger partial charge is 0.336 e. The molecule has 0 saturated carbocycles. The van der Waals surface area contributed by atoms with Gasteiger partial charge in [-0.3, -0.25) is 14.4 Å². The molecule has 1 saturated heterocycles. The van der Waals surface area contributed by atoms with E-state index in [0.717, 1.165) is 24.2 Å². The van der Waals surface area contributed by atoms with E-state index in [-0.39, 0.29) is 30.8 Å². The molecule has 1 aliphatic heterocycles. The quantitative estimate of drug-likeness (QED) is 0.298. The first kappa shape index (κ1) is 31.7. The highest BCUT2D eigenvalue weighted by Gasteiger charge is 2.22. The molecule has 11 nitrogen and oxygen atoms in total. The van der Waals surface area contributed by atoms with Crippen molar-refractivity contribution < 1.29 is 14.4 Å². The second-order valence-electron chi connectivity index (χ2n) is 12.0. The van der Waals surface area contributed by atoms with Gasteiger partial charge in [-0.05, 0) is 77.7 Å². The zero-order valence-corrected chi connectivity index (χ0v) is 26.5. The van der Waals surface area contributed by atoms with Crippen LogP contribution in [0, 0.1) is 0 Å². The first-order valence-corrected chi connectivity index (χ1v) is 15.0. The molecule has 0 spiro atoms. The number of carbonyl (C=O) groups is 3. The Kier molecular flexibility index (Phi) is 9.82. The molecule has 234 valence electrons. The Balaban J connectivity index is 1.57. The number of nitrogens with zero attached hydrogens (tertiary/aromatic N) is 6. The average Bonchev–Trinajstić information content (AvgIpc) is 2.99. The van der Waals surface area contributed by atoms with Gasteiger partial charge in [-0.2, -0.15) is 0 Å². The number of fused-ring (bicyclic) bond motifs is 1. The van der Waals surface area contributed by atoms with Crippen molar-refractivity contribution in [3.63, 3.8) is 0 Å². The minimum atomic E-state index is -0.129. The molecular formula is C34H40N8O3. The third-order valence-electron chi connectivity index (χ3n) is 7.46. The SMILES string of the molecule is CN(C)CC(=O)Nc1cccc(-c2nc3ccc(C(=O)N4CCN(C)CC4)cc3nc2-c2cccc(NC(=O)CN(C)C)c2)c1. The van der Waals surface area contributed by atoms with Crippen molar-refractivity contribution in [3.8, 4) is 22.5 Å². The number of hydrogen-bond donors (Lipinski definition) is 2. The second-order valence-corrected chi connectivity index (χ2v) is 12.0. The maximum Gasteiger partial charge on any atom is 0.254 e. The van der Waals surface area contributed by atoms with Crippen LogP contribution in [0.3, 0.4) is 0 Å². The van der Waals surface area contributed by atoms with Crippen LogP contribution < -0.4 is 10.6 Å². The summed E-state index contributed by atoms with van der Waals surface area (Å²) in [7, 11) is 9.42. The van der Waals surface area contributed by atoms with Gasteiger partial charge in [0.2, 0.25) is 11.8 Å². The van der Waals surface area contributed by atoms with Crippen molar-refractivity contribution in [2.75, 3.05) is 85.1 Å². The summed E-state index contributed by atoms with van der Waals surface area (Å²) in [6, 6.07) is 20.4.